The molecule has 0 aromatic rings. The van der Waals surface area contributed by atoms with E-state index in [0.29, 0.717) is 30.0 Å². The van der Waals surface area contributed by atoms with E-state index in [1.165, 1.54) is 19.3 Å². The van der Waals surface area contributed by atoms with Crippen LogP contribution in [0.5, 0.6) is 0 Å². The molecule has 7 atom stereocenters. The Morgan fingerprint density at radius 1 is 1.05 bits per heavy atom. The van der Waals surface area contributed by atoms with Crippen LogP contribution in [-0.4, -0.2) is 23.3 Å². The molecule has 4 fully saturated rings. The van der Waals surface area contributed by atoms with Gasteiger partial charge in [-0.05, 0) is 74.5 Å². The molecule has 3 nitrogen and oxygen atoms in total. The topological polar surface area (TPSA) is 54.4 Å². The van der Waals surface area contributed by atoms with E-state index in [0.717, 1.165) is 56.6 Å². The van der Waals surface area contributed by atoms with Gasteiger partial charge in [0.15, 0.2) is 0 Å². The van der Waals surface area contributed by atoms with E-state index in [2.05, 4.69) is 0 Å². The monoisotopic (exact) mass is 304 g/mol. The highest BCUT2D eigenvalue weighted by molar-refractivity contribution is 5.79. The minimum Gasteiger partial charge on any atom is -0.393 e. The van der Waals surface area contributed by atoms with Crippen molar-refractivity contribution in [3.63, 3.8) is 0 Å². The summed E-state index contributed by atoms with van der Waals surface area (Å²) in [4.78, 5) is 23.0. The molecule has 4 aliphatic carbocycles. The summed E-state index contributed by atoms with van der Waals surface area (Å²) in [5.74, 6) is 3.84. The summed E-state index contributed by atoms with van der Waals surface area (Å²) in [5.41, 5.74) is -0.111. The van der Waals surface area contributed by atoms with Gasteiger partial charge in [-0.3, -0.25) is 4.79 Å². The van der Waals surface area contributed by atoms with Gasteiger partial charge in [0.05, 0.1) is 6.10 Å². The second kappa shape index (κ2) is 5.43. The number of hydrogen-bond donors (Lipinski definition) is 1. The van der Waals surface area contributed by atoms with E-state index in [9.17, 15) is 14.7 Å². The Balaban J connectivity index is 1.59. The molecule has 0 saturated heterocycles. The molecule has 0 radical (unpaired) electrons. The Hall–Kier alpha value is -0.700. The fourth-order valence-corrected chi connectivity index (χ4v) is 6.99. The Bertz CT molecular complexity index is 473. The maximum Gasteiger partial charge on any atom is 0.133 e. The maximum atomic E-state index is 11.8. The summed E-state index contributed by atoms with van der Waals surface area (Å²) in [6, 6.07) is 0. The van der Waals surface area contributed by atoms with Crippen molar-refractivity contribution in [3.8, 4) is 0 Å². The molecular weight excluding hydrogens is 276 g/mol. The minimum absolute atomic E-state index is 0.111. The number of Topliss-reactive ketones (excluding diaryl/α,β-unsaturated/α-hetero) is 1. The smallest absolute Gasteiger partial charge is 0.133 e. The van der Waals surface area contributed by atoms with Crippen molar-refractivity contribution in [2.45, 2.75) is 70.3 Å². The number of hydrogen-bond acceptors (Lipinski definition) is 3. The van der Waals surface area contributed by atoms with Crippen LogP contribution in [0.25, 0.3) is 0 Å². The standard InChI is InChI=1S/C19H28O3/c20-10-9-19-8-7-15-14-4-2-13(21)11-12(14)1-3-16(15)17(19)5-6-18(19)22/h10,12,14-18,22H,1-9,11H2/t12?,14-,15+,16+,17-,18-,19+/m0/s1. The fourth-order valence-electron chi connectivity index (χ4n) is 6.99. The Kier molecular flexibility index (Phi) is 3.67. The van der Waals surface area contributed by atoms with Crippen molar-refractivity contribution in [2.24, 2.45) is 35.0 Å². The lowest BCUT2D eigenvalue weighted by Crippen LogP contribution is -2.50. The third-order valence-corrected chi connectivity index (χ3v) is 7.90. The van der Waals surface area contributed by atoms with Crippen LogP contribution >= 0.6 is 0 Å². The van der Waals surface area contributed by atoms with Crippen molar-refractivity contribution < 1.29 is 14.7 Å². The second-order valence-electron chi connectivity index (χ2n) is 8.45. The SMILES string of the molecule is O=CC[C@]12CC[C@H]3[C@@H](CCC4CC(=O)CC[C@@H]43)[C@@H]1CC[C@@H]2O. The molecule has 0 aromatic carbocycles. The lowest BCUT2D eigenvalue weighted by atomic mass is 9.49. The second-order valence-corrected chi connectivity index (χ2v) is 8.45. The van der Waals surface area contributed by atoms with Gasteiger partial charge in [-0.1, -0.05) is 0 Å². The molecule has 0 amide bonds. The first-order valence-corrected chi connectivity index (χ1v) is 9.29. The van der Waals surface area contributed by atoms with E-state index < -0.39 is 0 Å². The molecule has 3 heteroatoms. The number of carbonyl (C=O) groups excluding carboxylic acids is 2. The molecule has 1 N–H and O–H groups in total. The summed E-state index contributed by atoms with van der Waals surface area (Å²) >= 11 is 0. The lowest BCUT2D eigenvalue weighted by Gasteiger charge is -2.55. The molecule has 0 spiro atoms. The third-order valence-electron chi connectivity index (χ3n) is 7.90. The van der Waals surface area contributed by atoms with Crippen LogP contribution in [0, 0.1) is 35.0 Å². The van der Waals surface area contributed by atoms with Crippen molar-refractivity contribution >= 4 is 12.1 Å². The molecule has 0 aromatic heterocycles. The summed E-state index contributed by atoms with van der Waals surface area (Å²) in [7, 11) is 0. The summed E-state index contributed by atoms with van der Waals surface area (Å²) < 4.78 is 0. The number of aliphatic hydroxyl groups is 1. The quantitative estimate of drug-likeness (QED) is 0.797. The Morgan fingerprint density at radius 3 is 2.73 bits per heavy atom. The Labute approximate surface area is 132 Å². The molecule has 4 rings (SSSR count). The van der Waals surface area contributed by atoms with Gasteiger partial charge in [0.25, 0.3) is 0 Å². The predicted molar refractivity (Wildman–Crippen MR) is 83.1 cm³/mol. The average molecular weight is 304 g/mol. The largest absolute Gasteiger partial charge is 0.393 e. The van der Waals surface area contributed by atoms with Crippen LogP contribution in [0.15, 0.2) is 0 Å². The highest BCUT2D eigenvalue weighted by Crippen LogP contribution is 2.63. The first-order valence-electron chi connectivity index (χ1n) is 9.29. The van der Waals surface area contributed by atoms with Crippen LogP contribution in [0.1, 0.15) is 64.2 Å². The van der Waals surface area contributed by atoms with E-state index in [1.54, 1.807) is 0 Å². The number of aldehydes is 1. The molecule has 22 heavy (non-hydrogen) atoms. The lowest BCUT2D eigenvalue weighted by molar-refractivity contribution is -0.132. The van der Waals surface area contributed by atoms with Crippen LogP contribution < -0.4 is 0 Å². The highest BCUT2D eigenvalue weighted by atomic mass is 16.3. The number of aliphatic hydroxyl groups excluding tert-OH is 1. The fraction of sp³-hybridized carbons (Fsp3) is 0.895. The maximum absolute atomic E-state index is 11.8. The van der Waals surface area contributed by atoms with E-state index in [4.69, 9.17) is 0 Å². The first kappa shape index (κ1) is 14.9. The van der Waals surface area contributed by atoms with Gasteiger partial charge in [-0.15, -0.1) is 0 Å². The number of carbonyl (C=O) groups is 2. The van der Waals surface area contributed by atoms with Gasteiger partial charge in [0.2, 0.25) is 0 Å². The van der Waals surface area contributed by atoms with Gasteiger partial charge in [0, 0.05) is 24.7 Å². The van der Waals surface area contributed by atoms with Gasteiger partial charge < -0.3 is 9.90 Å². The van der Waals surface area contributed by atoms with E-state index in [-0.39, 0.29) is 11.5 Å². The van der Waals surface area contributed by atoms with Crippen molar-refractivity contribution in [1.82, 2.24) is 0 Å². The predicted octanol–water partition coefficient (Wildman–Crippen LogP) is 3.14. The highest BCUT2D eigenvalue weighted by Gasteiger charge is 2.58. The zero-order chi connectivity index (χ0) is 15.3. The van der Waals surface area contributed by atoms with E-state index >= 15 is 0 Å². The number of ketones is 1. The van der Waals surface area contributed by atoms with Crippen molar-refractivity contribution in [3.05, 3.63) is 0 Å². The van der Waals surface area contributed by atoms with Crippen LogP contribution in [0.4, 0.5) is 0 Å². The van der Waals surface area contributed by atoms with Crippen LogP contribution in [0.2, 0.25) is 0 Å². The van der Waals surface area contributed by atoms with Gasteiger partial charge in [-0.2, -0.15) is 0 Å². The average Bonchev–Trinajstić information content (AvgIpc) is 2.84. The normalized spacial score (nSPS) is 50.9. The van der Waals surface area contributed by atoms with E-state index in [1.807, 2.05) is 0 Å². The van der Waals surface area contributed by atoms with Crippen LogP contribution in [0.3, 0.4) is 0 Å². The zero-order valence-corrected chi connectivity index (χ0v) is 13.4. The van der Waals surface area contributed by atoms with Gasteiger partial charge in [0.1, 0.15) is 12.1 Å². The van der Waals surface area contributed by atoms with Gasteiger partial charge >= 0.3 is 0 Å². The summed E-state index contributed by atoms with van der Waals surface area (Å²) in [6.45, 7) is 0. The van der Waals surface area contributed by atoms with Crippen molar-refractivity contribution in [2.75, 3.05) is 0 Å². The number of fused-ring (bicyclic) bond motifs is 5. The molecule has 0 heterocycles. The number of rotatable bonds is 2. The summed E-state index contributed by atoms with van der Waals surface area (Å²) in [6.07, 6.45) is 10.6. The van der Waals surface area contributed by atoms with Crippen molar-refractivity contribution in [1.29, 1.82) is 0 Å². The molecule has 1 unspecified atom stereocenters. The molecule has 122 valence electrons. The molecule has 0 aliphatic heterocycles. The molecule has 4 saturated carbocycles. The Morgan fingerprint density at radius 2 is 1.91 bits per heavy atom. The third kappa shape index (κ3) is 2.04. The van der Waals surface area contributed by atoms with Gasteiger partial charge in [-0.25, -0.2) is 0 Å². The zero-order valence-electron chi connectivity index (χ0n) is 13.4. The molecular formula is C19H28O3. The van der Waals surface area contributed by atoms with Crippen LogP contribution in [-0.2, 0) is 9.59 Å². The minimum atomic E-state index is -0.269. The summed E-state index contributed by atoms with van der Waals surface area (Å²) in [5, 5.41) is 10.6. The molecule has 4 aliphatic rings. The molecule has 0 bridgehead atoms. The first-order chi connectivity index (χ1) is 10.7.